The lowest BCUT2D eigenvalue weighted by Crippen LogP contribution is -2.05. The van der Waals surface area contributed by atoms with Crippen molar-refractivity contribution in [2.45, 2.75) is 20.1 Å². The van der Waals surface area contributed by atoms with Crippen molar-refractivity contribution in [2.24, 2.45) is 0 Å². The Balaban J connectivity index is 1.81. The van der Waals surface area contributed by atoms with Gasteiger partial charge in [0.1, 0.15) is 12.4 Å². The first kappa shape index (κ1) is 20.7. The molecule has 0 aliphatic carbocycles. The van der Waals surface area contributed by atoms with E-state index in [9.17, 15) is 0 Å². The third-order valence-electron chi connectivity index (χ3n) is 4.07. The van der Waals surface area contributed by atoms with Gasteiger partial charge in [-0.15, -0.1) is 0 Å². The Hall–Kier alpha value is -1.01. The molecule has 3 aromatic rings. The fraction of sp³-hybridized carbons (Fsp3) is 0.143. The van der Waals surface area contributed by atoms with Crippen molar-refractivity contribution in [3.8, 4) is 5.75 Å². The van der Waals surface area contributed by atoms with Gasteiger partial charge in [-0.2, -0.15) is 0 Å². The normalized spacial score (nSPS) is 10.7. The molecule has 0 heterocycles. The largest absolute Gasteiger partial charge is 0.487 e. The molecule has 1 N–H and O–H groups in total. The predicted molar refractivity (Wildman–Crippen MR) is 124 cm³/mol. The molecule has 0 amide bonds. The molecule has 0 saturated heterocycles. The lowest BCUT2D eigenvalue weighted by molar-refractivity contribution is 0.301. The summed E-state index contributed by atoms with van der Waals surface area (Å²) >= 11 is 16.9. The molecule has 140 valence electrons. The van der Waals surface area contributed by atoms with E-state index in [1.54, 1.807) is 0 Å². The third-order valence-corrected chi connectivity index (χ3v) is 5.98. The van der Waals surface area contributed by atoms with E-state index in [-0.39, 0.29) is 0 Å². The van der Waals surface area contributed by atoms with Gasteiger partial charge in [0, 0.05) is 37.3 Å². The van der Waals surface area contributed by atoms with Crippen LogP contribution in [0.1, 0.15) is 16.7 Å². The Bertz CT molecular complexity index is 962. The van der Waals surface area contributed by atoms with Gasteiger partial charge in [0.15, 0.2) is 0 Å². The standard InChI is InChI=1S/C21H17Br3ClNO/c1-13-8-16(22)6-7-20(13)26-11-15-9-17(23)10-18(24)21(15)27-12-14-4-2-3-5-19(14)25/h2-10,26H,11-12H2,1H3. The first-order valence-electron chi connectivity index (χ1n) is 8.28. The Kier molecular flexibility index (Phi) is 7.26. The van der Waals surface area contributed by atoms with Crippen LogP contribution in [0.25, 0.3) is 0 Å². The molecule has 0 aliphatic rings. The van der Waals surface area contributed by atoms with Crippen LogP contribution in [0.2, 0.25) is 5.02 Å². The highest BCUT2D eigenvalue weighted by Crippen LogP contribution is 2.34. The maximum atomic E-state index is 6.25. The second kappa shape index (κ2) is 9.46. The molecule has 0 aromatic heterocycles. The van der Waals surface area contributed by atoms with Crippen LogP contribution < -0.4 is 10.1 Å². The number of benzene rings is 3. The van der Waals surface area contributed by atoms with Gasteiger partial charge >= 0.3 is 0 Å². The van der Waals surface area contributed by atoms with Gasteiger partial charge in [-0.1, -0.05) is 61.7 Å². The second-order valence-corrected chi connectivity index (χ2v) is 9.16. The molecular formula is C21H17Br3ClNO. The van der Waals surface area contributed by atoms with Crippen molar-refractivity contribution in [1.82, 2.24) is 0 Å². The van der Waals surface area contributed by atoms with Crippen LogP contribution in [0.15, 0.2) is 68.0 Å². The zero-order valence-corrected chi connectivity index (χ0v) is 20.0. The molecule has 6 heteroatoms. The number of nitrogens with one attached hydrogen (secondary N) is 1. The van der Waals surface area contributed by atoms with Crippen molar-refractivity contribution in [1.29, 1.82) is 0 Å². The van der Waals surface area contributed by atoms with Crippen molar-refractivity contribution < 1.29 is 4.74 Å². The average Bonchev–Trinajstić information content (AvgIpc) is 2.61. The summed E-state index contributed by atoms with van der Waals surface area (Å²) in [5.74, 6) is 0.806. The van der Waals surface area contributed by atoms with E-state index >= 15 is 0 Å². The summed E-state index contributed by atoms with van der Waals surface area (Å²) in [7, 11) is 0. The van der Waals surface area contributed by atoms with E-state index in [4.69, 9.17) is 16.3 Å². The van der Waals surface area contributed by atoms with Crippen LogP contribution in [-0.2, 0) is 13.2 Å². The third kappa shape index (κ3) is 5.50. The molecule has 0 unspecified atom stereocenters. The first-order chi connectivity index (χ1) is 12.9. The number of hydrogen-bond donors (Lipinski definition) is 1. The van der Waals surface area contributed by atoms with Gasteiger partial charge in [-0.3, -0.25) is 0 Å². The topological polar surface area (TPSA) is 21.3 Å². The lowest BCUT2D eigenvalue weighted by Gasteiger charge is -2.17. The first-order valence-corrected chi connectivity index (χ1v) is 11.0. The molecule has 3 aromatic carbocycles. The summed E-state index contributed by atoms with van der Waals surface area (Å²) in [5, 5.41) is 4.20. The molecule has 27 heavy (non-hydrogen) atoms. The number of hydrogen-bond acceptors (Lipinski definition) is 2. The van der Waals surface area contributed by atoms with Crippen molar-refractivity contribution >= 4 is 65.1 Å². The van der Waals surface area contributed by atoms with E-state index in [1.165, 1.54) is 5.56 Å². The molecule has 3 rings (SSSR count). The van der Waals surface area contributed by atoms with E-state index < -0.39 is 0 Å². The van der Waals surface area contributed by atoms with Crippen LogP contribution in [0.3, 0.4) is 0 Å². The highest BCUT2D eigenvalue weighted by atomic mass is 79.9. The van der Waals surface area contributed by atoms with Gasteiger partial charge in [0.25, 0.3) is 0 Å². The highest BCUT2D eigenvalue weighted by Gasteiger charge is 2.12. The number of anilines is 1. The van der Waals surface area contributed by atoms with Crippen LogP contribution in [0.4, 0.5) is 5.69 Å². The quantitative estimate of drug-likeness (QED) is 0.321. The zero-order chi connectivity index (χ0) is 19.4. The van der Waals surface area contributed by atoms with Crippen LogP contribution in [0, 0.1) is 6.92 Å². The van der Waals surface area contributed by atoms with E-state index in [0.717, 1.165) is 36.0 Å². The molecule has 2 nitrogen and oxygen atoms in total. The minimum absolute atomic E-state index is 0.407. The summed E-state index contributed by atoms with van der Waals surface area (Å²) in [4.78, 5) is 0. The summed E-state index contributed by atoms with van der Waals surface area (Å²) in [6, 6.07) is 17.9. The highest BCUT2D eigenvalue weighted by molar-refractivity contribution is 9.11. The SMILES string of the molecule is Cc1cc(Br)ccc1NCc1cc(Br)cc(Br)c1OCc1ccccc1Cl. The molecule has 0 radical (unpaired) electrons. The molecule has 0 spiro atoms. The summed E-state index contributed by atoms with van der Waals surface area (Å²) in [6.07, 6.45) is 0. The smallest absolute Gasteiger partial charge is 0.139 e. The van der Waals surface area contributed by atoms with Gasteiger partial charge in [0.2, 0.25) is 0 Å². The number of aryl methyl sites for hydroxylation is 1. The summed E-state index contributed by atoms with van der Waals surface area (Å²) in [6.45, 7) is 3.13. The minimum atomic E-state index is 0.407. The van der Waals surface area contributed by atoms with E-state index in [0.29, 0.717) is 18.2 Å². The predicted octanol–water partition coefficient (Wildman–Crippen LogP) is 8.13. The van der Waals surface area contributed by atoms with Gasteiger partial charge < -0.3 is 10.1 Å². The molecule has 0 bridgehead atoms. The Morgan fingerprint density at radius 3 is 2.44 bits per heavy atom. The maximum Gasteiger partial charge on any atom is 0.139 e. The van der Waals surface area contributed by atoms with Gasteiger partial charge in [-0.25, -0.2) is 0 Å². The Morgan fingerprint density at radius 2 is 1.70 bits per heavy atom. The van der Waals surface area contributed by atoms with Gasteiger partial charge in [0.05, 0.1) is 4.47 Å². The number of halogens is 4. The van der Waals surface area contributed by atoms with Crippen LogP contribution >= 0.6 is 59.4 Å². The Morgan fingerprint density at radius 1 is 0.926 bits per heavy atom. The van der Waals surface area contributed by atoms with E-state index in [2.05, 4.69) is 78.2 Å². The molecule has 0 atom stereocenters. The van der Waals surface area contributed by atoms with E-state index in [1.807, 2.05) is 36.4 Å². The lowest BCUT2D eigenvalue weighted by atomic mass is 10.1. The van der Waals surface area contributed by atoms with Crippen molar-refractivity contribution in [2.75, 3.05) is 5.32 Å². The molecule has 0 aliphatic heterocycles. The molecule has 0 fully saturated rings. The fourth-order valence-corrected chi connectivity index (χ4v) is 4.78. The van der Waals surface area contributed by atoms with Crippen LogP contribution in [0.5, 0.6) is 5.75 Å². The van der Waals surface area contributed by atoms with Gasteiger partial charge in [-0.05, 0) is 64.8 Å². The average molecular weight is 575 g/mol. The summed E-state index contributed by atoms with van der Waals surface area (Å²) in [5.41, 5.74) is 4.27. The van der Waals surface area contributed by atoms with Crippen LogP contribution in [-0.4, -0.2) is 0 Å². The molecule has 0 saturated carbocycles. The number of ether oxygens (including phenoxy) is 1. The second-order valence-electron chi connectivity index (χ2n) is 6.07. The summed E-state index contributed by atoms with van der Waals surface area (Å²) < 4.78 is 9.08. The fourth-order valence-electron chi connectivity index (χ4n) is 2.69. The minimum Gasteiger partial charge on any atom is -0.487 e. The Labute approximate surface area is 189 Å². The van der Waals surface area contributed by atoms with Crippen molar-refractivity contribution in [3.05, 3.63) is 89.7 Å². The monoisotopic (exact) mass is 571 g/mol. The molecular weight excluding hydrogens is 557 g/mol. The maximum absolute atomic E-state index is 6.25. The number of rotatable bonds is 6. The zero-order valence-electron chi connectivity index (χ0n) is 14.5. The van der Waals surface area contributed by atoms with Crippen molar-refractivity contribution in [3.63, 3.8) is 0 Å².